The smallest absolute Gasteiger partial charge is 0.0940 e. The molecule has 0 aliphatic rings. The summed E-state index contributed by atoms with van der Waals surface area (Å²) in [6.45, 7) is 9.80. The number of nitrogens with two attached hydrogens (primary N) is 1. The van der Waals surface area contributed by atoms with Gasteiger partial charge >= 0.3 is 0 Å². The Kier molecular flexibility index (Phi) is 4.89. The van der Waals surface area contributed by atoms with Gasteiger partial charge in [-0.3, -0.25) is 0 Å². The maximum Gasteiger partial charge on any atom is 0.0940 e. The van der Waals surface area contributed by atoms with Crippen molar-refractivity contribution in [3.8, 4) is 0 Å². The van der Waals surface area contributed by atoms with Gasteiger partial charge < -0.3 is 15.8 Å². The Morgan fingerprint density at radius 3 is 2.15 bits per heavy atom. The summed E-state index contributed by atoms with van der Waals surface area (Å²) < 4.78 is 5.24. The second-order valence-electron chi connectivity index (χ2n) is 4.99. The molecule has 0 aliphatic heterocycles. The molecular formula is C10H24N2O. The van der Waals surface area contributed by atoms with E-state index in [2.05, 4.69) is 33.0 Å². The summed E-state index contributed by atoms with van der Waals surface area (Å²) >= 11 is 0. The van der Waals surface area contributed by atoms with Gasteiger partial charge in [-0.2, -0.15) is 0 Å². The van der Waals surface area contributed by atoms with Crippen molar-refractivity contribution in [2.75, 3.05) is 20.4 Å². The number of hydrogen-bond acceptors (Lipinski definition) is 3. The summed E-state index contributed by atoms with van der Waals surface area (Å²) in [6.07, 6.45) is 1.07. The SMILES string of the molecule is CNC(C)(C)CC(C)(C)COCN. The topological polar surface area (TPSA) is 47.3 Å². The third-order valence-corrected chi connectivity index (χ3v) is 2.21. The first kappa shape index (κ1) is 12.9. The normalized spacial score (nSPS) is 13.4. The molecule has 0 unspecified atom stereocenters. The van der Waals surface area contributed by atoms with Gasteiger partial charge in [0, 0.05) is 5.54 Å². The number of ether oxygens (including phenoxy) is 1. The standard InChI is InChI=1S/C10H24N2O/c1-9(2,7-13-8-11)6-10(3,4)12-5/h12H,6-8,11H2,1-5H3. The van der Waals surface area contributed by atoms with Crippen LogP contribution in [0.2, 0.25) is 0 Å². The first-order valence-corrected chi connectivity index (χ1v) is 4.80. The second kappa shape index (κ2) is 4.94. The van der Waals surface area contributed by atoms with Gasteiger partial charge in [0.05, 0.1) is 13.3 Å². The van der Waals surface area contributed by atoms with E-state index in [4.69, 9.17) is 10.5 Å². The minimum Gasteiger partial charge on any atom is -0.366 e. The fourth-order valence-electron chi connectivity index (χ4n) is 1.67. The van der Waals surface area contributed by atoms with Crippen molar-refractivity contribution < 1.29 is 4.74 Å². The quantitative estimate of drug-likeness (QED) is 0.618. The summed E-state index contributed by atoms with van der Waals surface area (Å²) in [4.78, 5) is 0. The molecule has 0 atom stereocenters. The Hall–Kier alpha value is -0.120. The van der Waals surface area contributed by atoms with E-state index in [1.54, 1.807) is 0 Å². The highest BCUT2D eigenvalue weighted by molar-refractivity contribution is 4.83. The Morgan fingerprint density at radius 1 is 1.23 bits per heavy atom. The lowest BCUT2D eigenvalue weighted by atomic mass is 9.81. The molecule has 0 saturated carbocycles. The average Bonchev–Trinajstić information content (AvgIpc) is 1.99. The van der Waals surface area contributed by atoms with Crippen LogP contribution in [-0.2, 0) is 4.74 Å². The van der Waals surface area contributed by atoms with Crippen molar-refractivity contribution >= 4 is 0 Å². The lowest BCUT2D eigenvalue weighted by molar-refractivity contribution is 0.0482. The average molecular weight is 188 g/mol. The van der Waals surface area contributed by atoms with Gasteiger partial charge in [-0.1, -0.05) is 13.8 Å². The summed E-state index contributed by atoms with van der Waals surface area (Å²) in [5.74, 6) is 0. The molecule has 0 spiro atoms. The van der Waals surface area contributed by atoms with E-state index >= 15 is 0 Å². The number of hydrogen-bond donors (Lipinski definition) is 2. The molecule has 0 aromatic heterocycles. The summed E-state index contributed by atoms with van der Waals surface area (Å²) in [5.41, 5.74) is 5.62. The Bertz CT molecular complexity index is 144. The molecular weight excluding hydrogens is 164 g/mol. The lowest BCUT2D eigenvalue weighted by Gasteiger charge is -2.34. The van der Waals surface area contributed by atoms with Crippen LogP contribution in [0.15, 0.2) is 0 Å². The molecule has 3 nitrogen and oxygen atoms in total. The van der Waals surface area contributed by atoms with Gasteiger partial charge in [0.1, 0.15) is 0 Å². The summed E-state index contributed by atoms with van der Waals surface area (Å²) in [7, 11) is 1.99. The van der Waals surface area contributed by atoms with Gasteiger partial charge in [0.15, 0.2) is 0 Å². The molecule has 13 heavy (non-hydrogen) atoms. The molecule has 0 radical (unpaired) electrons. The van der Waals surface area contributed by atoms with Crippen LogP contribution in [0.3, 0.4) is 0 Å². The maximum atomic E-state index is 5.29. The molecule has 0 aromatic rings. The highest BCUT2D eigenvalue weighted by atomic mass is 16.5. The molecule has 0 saturated heterocycles. The maximum absolute atomic E-state index is 5.29. The highest BCUT2D eigenvalue weighted by Gasteiger charge is 2.27. The van der Waals surface area contributed by atoms with E-state index in [0.717, 1.165) is 6.42 Å². The van der Waals surface area contributed by atoms with Crippen molar-refractivity contribution in [2.45, 2.75) is 39.7 Å². The third kappa shape index (κ3) is 6.02. The first-order valence-electron chi connectivity index (χ1n) is 4.80. The zero-order chi connectivity index (χ0) is 10.5. The van der Waals surface area contributed by atoms with E-state index < -0.39 is 0 Å². The predicted molar refractivity (Wildman–Crippen MR) is 56.5 cm³/mol. The van der Waals surface area contributed by atoms with Crippen LogP contribution in [0.1, 0.15) is 34.1 Å². The number of rotatable bonds is 6. The van der Waals surface area contributed by atoms with Gasteiger partial charge in [0.2, 0.25) is 0 Å². The van der Waals surface area contributed by atoms with Crippen molar-refractivity contribution in [2.24, 2.45) is 11.1 Å². The molecule has 80 valence electrons. The molecule has 3 N–H and O–H groups in total. The van der Waals surface area contributed by atoms with Crippen LogP contribution in [0.4, 0.5) is 0 Å². The fraction of sp³-hybridized carbons (Fsp3) is 1.00. The Morgan fingerprint density at radius 2 is 1.77 bits per heavy atom. The molecule has 0 aliphatic carbocycles. The predicted octanol–water partition coefficient (Wildman–Crippen LogP) is 1.33. The highest BCUT2D eigenvalue weighted by Crippen LogP contribution is 2.27. The van der Waals surface area contributed by atoms with Crippen LogP contribution in [0.25, 0.3) is 0 Å². The van der Waals surface area contributed by atoms with Crippen molar-refractivity contribution in [3.63, 3.8) is 0 Å². The molecule has 0 bridgehead atoms. The molecule has 0 amide bonds. The van der Waals surface area contributed by atoms with Crippen LogP contribution in [-0.4, -0.2) is 25.9 Å². The Labute approximate surface area is 82.0 Å². The van der Waals surface area contributed by atoms with Crippen molar-refractivity contribution in [1.82, 2.24) is 5.32 Å². The van der Waals surface area contributed by atoms with Crippen LogP contribution in [0, 0.1) is 5.41 Å². The van der Waals surface area contributed by atoms with E-state index in [-0.39, 0.29) is 11.0 Å². The third-order valence-electron chi connectivity index (χ3n) is 2.21. The largest absolute Gasteiger partial charge is 0.366 e. The lowest BCUT2D eigenvalue weighted by Crippen LogP contribution is -2.42. The van der Waals surface area contributed by atoms with Crippen molar-refractivity contribution in [1.29, 1.82) is 0 Å². The van der Waals surface area contributed by atoms with Crippen LogP contribution >= 0.6 is 0 Å². The fourth-order valence-corrected chi connectivity index (χ4v) is 1.67. The molecule has 0 heterocycles. The monoisotopic (exact) mass is 188 g/mol. The summed E-state index contributed by atoms with van der Waals surface area (Å²) in [6, 6.07) is 0. The second-order valence-corrected chi connectivity index (χ2v) is 4.99. The van der Waals surface area contributed by atoms with E-state index in [0.29, 0.717) is 13.3 Å². The molecule has 0 rings (SSSR count). The molecule has 3 heteroatoms. The zero-order valence-corrected chi connectivity index (χ0v) is 9.61. The van der Waals surface area contributed by atoms with Gasteiger partial charge in [-0.15, -0.1) is 0 Å². The molecule has 0 fully saturated rings. The van der Waals surface area contributed by atoms with Crippen molar-refractivity contribution in [3.05, 3.63) is 0 Å². The van der Waals surface area contributed by atoms with E-state index in [1.807, 2.05) is 7.05 Å². The van der Waals surface area contributed by atoms with Crippen LogP contribution in [0.5, 0.6) is 0 Å². The first-order chi connectivity index (χ1) is 5.83. The minimum atomic E-state index is 0.154. The van der Waals surface area contributed by atoms with E-state index in [9.17, 15) is 0 Å². The van der Waals surface area contributed by atoms with E-state index in [1.165, 1.54) is 0 Å². The zero-order valence-electron chi connectivity index (χ0n) is 9.61. The van der Waals surface area contributed by atoms with Gasteiger partial charge in [-0.25, -0.2) is 0 Å². The molecule has 0 aromatic carbocycles. The number of nitrogens with one attached hydrogen (secondary N) is 1. The van der Waals surface area contributed by atoms with Gasteiger partial charge in [-0.05, 0) is 32.7 Å². The minimum absolute atomic E-state index is 0.154. The Balaban J connectivity index is 4.00. The summed E-state index contributed by atoms with van der Waals surface area (Å²) in [5, 5.41) is 3.29. The van der Waals surface area contributed by atoms with Gasteiger partial charge in [0.25, 0.3) is 0 Å². The van der Waals surface area contributed by atoms with Crippen LogP contribution < -0.4 is 11.1 Å².